The van der Waals surface area contributed by atoms with E-state index < -0.39 is 0 Å². The molecule has 2 rings (SSSR count). The van der Waals surface area contributed by atoms with Gasteiger partial charge in [0.05, 0.1) is 20.3 Å². The summed E-state index contributed by atoms with van der Waals surface area (Å²) in [6.45, 7) is 0. The molecule has 0 aliphatic rings. The van der Waals surface area contributed by atoms with Crippen molar-refractivity contribution in [2.45, 2.75) is 6.04 Å². The van der Waals surface area contributed by atoms with Gasteiger partial charge in [0.1, 0.15) is 5.01 Å². The van der Waals surface area contributed by atoms with Gasteiger partial charge in [0.2, 0.25) is 0 Å². The van der Waals surface area contributed by atoms with Crippen LogP contribution in [0.3, 0.4) is 0 Å². The molecule has 17 heavy (non-hydrogen) atoms. The highest BCUT2D eigenvalue weighted by Gasteiger charge is 2.18. The van der Waals surface area contributed by atoms with Gasteiger partial charge in [-0.15, -0.1) is 11.3 Å². The molecule has 0 radical (unpaired) electrons. The molecule has 0 saturated heterocycles. The Morgan fingerprint density at radius 2 is 2.12 bits per heavy atom. The fraction of sp³-hybridized carbons (Fsp3) is 0.250. The van der Waals surface area contributed by atoms with Gasteiger partial charge in [-0.2, -0.15) is 0 Å². The number of nitrogens with zero attached hydrogens (tertiary/aromatic N) is 1. The summed E-state index contributed by atoms with van der Waals surface area (Å²) in [7, 11) is 3.21. The number of nitrogens with two attached hydrogens (primary N) is 1. The van der Waals surface area contributed by atoms with Crippen molar-refractivity contribution in [3.63, 3.8) is 0 Å². The first-order valence-electron chi connectivity index (χ1n) is 5.13. The van der Waals surface area contributed by atoms with Crippen molar-refractivity contribution in [1.82, 2.24) is 4.98 Å². The quantitative estimate of drug-likeness (QED) is 0.903. The van der Waals surface area contributed by atoms with E-state index in [4.69, 9.17) is 15.2 Å². The van der Waals surface area contributed by atoms with Crippen molar-refractivity contribution in [3.05, 3.63) is 40.3 Å². The van der Waals surface area contributed by atoms with Crippen molar-refractivity contribution < 1.29 is 9.47 Å². The van der Waals surface area contributed by atoms with Crippen LogP contribution in [-0.4, -0.2) is 19.2 Å². The van der Waals surface area contributed by atoms with Gasteiger partial charge in [-0.25, -0.2) is 4.98 Å². The number of methoxy groups -OCH3 is 2. The van der Waals surface area contributed by atoms with Gasteiger partial charge < -0.3 is 15.2 Å². The van der Waals surface area contributed by atoms with Crippen molar-refractivity contribution in [3.8, 4) is 11.5 Å². The van der Waals surface area contributed by atoms with Gasteiger partial charge in [0, 0.05) is 17.1 Å². The average molecular weight is 250 g/mol. The van der Waals surface area contributed by atoms with Crippen LogP contribution in [-0.2, 0) is 0 Å². The average Bonchev–Trinajstić information content (AvgIpc) is 2.90. The van der Waals surface area contributed by atoms with Crippen molar-refractivity contribution in [2.75, 3.05) is 14.2 Å². The molecule has 0 aliphatic carbocycles. The maximum atomic E-state index is 6.17. The minimum Gasteiger partial charge on any atom is -0.493 e. The lowest BCUT2D eigenvalue weighted by Gasteiger charge is -2.16. The number of thiazole rings is 1. The van der Waals surface area contributed by atoms with Crippen molar-refractivity contribution >= 4 is 11.3 Å². The van der Waals surface area contributed by atoms with Crippen LogP contribution in [0.4, 0.5) is 0 Å². The number of hydrogen-bond acceptors (Lipinski definition) is 5. The number of rotatable bonds is 4. The number of para-hydroxylation sites is 1. The minimum atomic E-state index is -0.292. The molecule has 1 unspecified atom stereocenters. The molecular weight excluding hydrogens is 236 g/mol. The number of aromatic nitrogens is 1. The Morgan fingerprint density at radius 3 is 2.71 bits per heavy atom. The topological polar surface area (TPSA) is 57.4 Å². The van der Waals surface area contributed by atoms with Crippen LogP contribution >= 0.6 is 11.3 Å². The van der Waals surface area contributed by atoms with Crippen LogP contribution < -0.4 is 15.2 Å². The molecule has 0 saturated carbocycles. The summed E-state index contributed by atoms with van der Waals surface area (Å²) in [5, 5.41) is 2.76. The van der Waals surface area contributed by atoms with E-state index in [9.17, 15) is 0 Å². The van der Waals surface area contributed by atoms with E-state index in [0.29, 0.717) is 11.5 Å². The first kappa shape index (κ1) is 11.9. The molecule has 4 nitrogen and oxygen atoms in total. The van der Waals surface area contributed by atoms with E-state index in [-0.39, 0.29) is 6.04 Å². The SMILES string of the molecule is COc1cccc(C(N)c2nccs2)c1OC. The number of hydrogen-bond donors (Lipinski definition) is 1. The largest absolute Gasteiger partial charge is 0.493 e. The Hall–Kier alpha value is -1.59. The molecule has 90 valence electrons. The molecule has 1 aromatic heterocycles. The van der Waals surface area contributed by atoms with E-state index in [1.807, 2.05) is 23.6 Å². The zero-order valence-electron chi connectivity index (χ0n) is 9.71. The minimum absolute atomic E-state index is 0.292. The van der Waals surface area contributed by atoms with Crippen LogP contribution in [0.25, 0.3) is 0 Å². The van der Waals surface area contributed by atoms with E-state index in [2.05, 4.69) is 4.98 Å². The summed E-state index contributed by atoms with van der Waals surface area (Å²) in [5.41, 5.74) is 7.05. The molecule has 0 fully saturated rings. The molecular formula is C12H14N2O2S. The van der Waals surface area contributed by atoms with E-state index in [0.717, 1.165) is 10.6 Å². The van der Waals surface area contributed by atoms with Crippen LogP contribution in [0.5, 0.6) is 11.5 Å². The van der Waals surface area contributed by atoms with Gasteiger partial charge in [-0.1, -0.05) is 12.1 Å². The highest BCUT2D eigenvalue weighted by molar-refractivity contribution is 7.09. The fourth-order valence-electron chi connectivity index (χ4n) is 1.68. The molecule has 0 bridgehead atoms. The molecule has 0 aliphatic heterocycles. The molecule has 5 heteroatoms. The summed E-state index contributed by atoms with van der Waals surface area (Å²) in [4.78, 5) is 4.22. The third-order valence-electron chi connectivity index (χ3n) is 2.49. The van der Waals surface area contributed by atoms with E-state index >= 15 is 0 Å². The summed E-state index contributed by atoms with van der Waals surface area (Å²) in [6.07, 6.45) is 1.74. The maximum Gasteiger partial charge on any atom is 0.165 e. The van der Waals surface area contributed by atoms with E-state index in [1.54, 1.807) is 20.4 Å². The Balaban J connectivity index is 2.44. The van der Waals surface area contributed by atoms with Crippen LogP contribution in [0.1, 0.15) is 16.6 Å². The molecule has 2 N–H and O–H groups in total. The third-order valence-corrected chi connectivity index (χ3v) is 3.34. The van der Waals surface area contributed by atoms with Crippen LogP contribution in [0.2, 0.25) is 0 Å². The first-order chi connectivity index (χ1) is 8.27. The lowest BCUT2D eigenvalue weighted by Crippen LogP contribution is -2.13. The van der Waals surface area contributed by atoms with E-state index in [1.165, 1.54) is 11.3 Å². The van der Waals surface area contributed by atoms with Gasteiger partial charge in [-0.3, -0.25) is 0 Å². The zero-order valence-corrected chi connectivity index (χ0v) is 10.5. The van der Waals surface area contributed by atoms with Crippen LogP contribution in [0.15, 0.2) is 29.8 Å². The second-order valence-corrected chi connectivity index (χ2v) is 4.36. The summed E-state index contributed by atoms with van der Waals surface area (Å²) in [6, 6.07) is 5.37. The highest BCUT2D eigenvalue weighted by atomic mass is 32.1. The predicted octanol–water partition coefficient (Wildman–Crippen LogP) is 2.21. The monoisotopic (exact) mass is 250 g/mol. The Labute approximate surface area is 104 Å². The smallest absolute Gasteiger partial charge is 0.165 e. The normalized spacial score (nSPS) is 12.2. The Morgan fingerprint density at radius 1 is 1.29 bits per heavy atom. The third kappa shape index (κ3) is 2.25. The van der Waals surface area contributed by atoms with Gasteiger partial charge in [0.15, 0.2) is 11.5 Å². The molecule has 1 atom stereocenters. The number of benzene rings is 1. The first-order valence-corrected chi connectivity index (χ1v) is 6.01. The van der Waals surface area contributed by atoms with Crippen molar-refractivity contribution in [1.29, 1.82) is 0 Å². The Bertz CT molecular complexity index is 485. The van der Waals surface area contributed by atoms with Gasteiger partial charge >= 0.3 is 0 Å². The lowest BCUT2D eigenvalue weighted by atomic mass is 10.1. The molecule has 0 amide bonds. The molecule has 1 heterocycles. The lowest BCUT2D eigenvalue weighted by molar-refractivity contribution is 0.350. The highest BCUT2D eigenvalue weighted by Crippen LogP contribution is 2.36. The standard InChI is InChI=1S/C12H14N2O2S/c1-15-9-5-3-4-8(11(9)16-2)10(13)12-14-6-7-17-12/h3-7,10H,13H2,1-2H3. The van der Waals surface area contributed by atoms with Crippen molar-refractivity contribution in [2.24, 2.45) is 5.73 Å². The Kier molecular flexibility index (Phi) is 3.61. The second kappa shape index (κ2) is 5.16. The number of ether oxygens (including phenoxy) is 2. The molecule has 0 spiro atoms. The summed E-state index contributed by atoms with van der Waals surface area (Å²) < 4.78 is 10.6. The summed E-state index contributed by atoms with van der Waals surface area (Å²) in [5.74, 6) is 1.34. The second-order valence-electron chi connectivity index (χ2n) is 3.43. The van der Waals surface area contributed by atoms with Gasteiger partial charge in [-0.05, 0) is 6.07 Å². The summed E-state index contributed by atoms with van der Waals surface area (Å²) >= 11 is 1.53. The fourth-order valence-corrected chi connectivity index (χ4v) is 2.33. The van der Waals surface area contributed by atoms with Crippen LogP contribution in [0, 0.1) is 0 Å². The maximum absolute atomic E-state index is 6.17. The van der Waals surface area contributed by atoms with Gasteiger partial charge in [0.25, 0.3) is 0 Å². The predicted molar refractivity (Wildman–Crippen MR) is 67.7 cm³/mol. The molecule has 2 aromatic rings. The molecule has 1 aromatic carbocycles. The zero-order chi connectivity index (χ0) is 12.3.